The van der Waals surface area contributed by atoms with Crippen LogP contribution in [0.4, 0.5) is 0 Å². The van der Waals surface area contributed by atoms with Gasteiger partial charge in [0.05, 0.1) is 33.3 Å². The molecule has 1 aliphatic carbocycles. The molecule has 1 atom stereocenters. The SMILES string of the molecule is Cc1ccc2c(c1)[C@H](NC(=O)c1c(Cl)cc(C#N)cc1Cl)CCC2. The third-order valence-corrected chi connectivity index (χ3v) is 4.92. The second kappa shape index (κ2) is 6.84. The number of carbonyl (C=O) groups is 1. The van der Waals surface area contributed by atoms with E-state index in [-0.39, 0.29) is 27.6 Å². The number of hydrogen-bond donors (Lipinski definition) is 1. The molecule has 0 aliphatic heterocycles. The molecule has 2 aromatic carbocycles. The van der Waals surface area contributed by atoms with Crippen LogP contribution in [0.3, 0.4) is 0 Å². The summed E-state index contributed by atoms with van der Waals surface area (Å²) in [4.78, 5) is 12.7. The summed E-state index contributed by atoms with van der Waals surface area (Å²) in [5.41, 5.74) is 4.16. The van der Waals surface area contributed by atoms with E-state index < -0.39 is 0 Å². The molecule has 0 saturated carbocycles. The number of nitrogens with one attached hydrogen (secondary N) is 1. The maximum absolute atomic E-state index is 12.7. The maximum atomic E-state index is 12.7. The molecule has 0 bridgehead atoms. The Kier molecular flexibility index (Phi) is 4.80. The molecular formula is C19H16Cl2N2O. The molecule has 0 heterocycles. The van der Waals surface area contributed by atoms with Crippen LogP contribution in [0.25, 0.3) is 0 Å². The number of benzene rings is 2. The van der Waals surface area contributed by atoms with Crippen LogP contribution < -0.4 is 5.32 Å². The van der Waals surface area contributed by atoms with Crippen molar-refractivity contribution in [2.75, 3.05) is 0 Å². The third kappa shape index (κ3) is 3.26. The highest BCUT2D eigenvalue weighted by Crippen LogP contribution is 2.32. The Morgan fingerprint density at radius 2 is 1.96 bits per heavy atom. The van der Waals surface area contributed by atoms with Gasteiger partial charge in [0.15, 0.2) is 0 Å². The molecule has 3 rings (SSSR count). The molecular weight excluding hydrogens is 343 g/mol. The van der Waals surface area contributed by atoms with E-state index in [0.29, 0.717) is 5.56 Å². The molecule has 0 saturated heterocycles. The van der Waals surface area contributed by atoms with Crippen LogP contribution in [-0.2, 0) is 6.42 Å². The largest absolute Gasteiger partial charge is 0.345 e. The average Bonchev–Trinajstić information content (AvgIpc) is 2.54. The molecule has 1 amide bonds. The van der Waals surface area contributed by atoms with Crippen molar-refractivity contribution >= 4 is 29.1 Å². The van der Waals surface area contributed by atoms with Crippen LogP contribution in [-0.4, -0.2) is 5.91 Å². The second-order valence-electron chi connectivity index (χ2n) is 6.05. The number of aryl methyl sites for hydroxylation is 2. The molecule has 0 radical (unpaired) electrons. The Bertz CT molecular complexity index is 832. The summed E-state index contributed by atoms with van der Waals surface area (Å²) < 4.78 is 0. The van der Waals surface area contributed by atoms with Gasteiger partial charge in [0.1, 0.15) is 0 Å². The quantitative estimate of drug-likeness (QED) is 0.822. The molecule has 3 nitrogen and oxygen atoms in total. The van der Waals surface area contributed by atoms with Crippen LogP contribution in [0, 0.1) is 18.3 Å². The predicted octanol–water partition coefficient (Wildman–Crippen LogP) is 4.98. The minimum absolute atomic E-state index is 0.0519. The first-order chi connectivity index (χ1) is 11.5. The first kappa shape index (κ1) is 16.8. The van der Waals surface area contributed by atoms with Crippen molar-refractivity contribution in [1.82, 2.24) is 5.32 Å². The lowest BCUT2D eigenvalue weighted by Crippen LogP contribution is -2.31. The molecule has 1 aliphatic rings. The second-order valence-corrected chi connectivity index (χ2v) is 6.86. The molecule has 0 spiro atoms. The zero-order valence-corrected chi connectivity index (χ0v) is 14.7. The van der Waals surface area contributed by atoms with E-state index in [1.807, 2.05) is 13.0 Å². The van der Waals surface area contributed by atoms with Crippen LogP contribution in [0.15, 0.2) is 30.3 Å². The van der Waals surface area contributed by atoms with Gasteiger partial charge in [-0.3, -0.25) is 4.79 Å². The van der Waals surface area contributed by atoms with Crippen molar-refractivity contribution in [3.05, 3.63) is 68.2 Å². The summed E-state index contributed by atoms with van der Waals surface area (Å²) in [6, 6.07) is 11.2. The van der Waals surface area contributed by atoms with E-state index in [4.69, 9.17) is 28.5 Å². The van der Waals surface area contributed by atoms with Gasteiger partial charge in [-0.05, 0) is 49.4 Å². The zero-order valence-electron chi connectivity index (χ0n) is 13.2. The fourth-order valence-corrected chi connectivity index (χ4v) is 3.81. The van der Waals surface area contributed by atoms with Gasteiger partial charge in [0.25, 0.3) is 5.91 Å². The molecule has 122 valence electrons. The van der Waals surface area contributed by atoms with E-state index in [1.54, 1.807) is 0 Å². The van der Waals surface area contributed by atoms with Gasteiger partial charge in [-0.15, -0.1) is 0 Å². The summed E-state index contributed by atoms with van der Waals surface area (Å²) in [6.45, 7) is 2.04. The van der Waals surface area contributed by atoms with E-state index in [1.165, 1.54) is 23.3 Å². The van der Waals surface area contributed by atoms with E-state index in [2.05, 4.69) is 23.5 Å². The average molecular weight is 359 g/mol. The van der Waals surface area contributed by atoms with Gasteiger partial charge in [-0.1, -0.05) is 47.0 Å². The summed E-state index contributed by atoms with van der Waals surface area (Å²) in [6.07, 6.45) is 2.93. The number of hydrogen-bond acceptors (Lipinski definition) is 2. The lowest BCUT2D eigenvalue weighted by atomic mass is 9.86. The van der Waals surface area contributed by atoms with Gasteiger partial charge in [0, 0.05) is 0 Å². The van der Waals surface area contributed by atoms with E-state index in [9.17, 15) is 4.79 Å². The van der Waals surface area contributed by atoms with Crippen LogP contribution in [0.2, 0.25) is 10.0 Å². The minimum atomic E-state index is -0.311. The molecule has 2 aromatic rings. The third-order valence-electron chi connectivity index (χ3n) is 4.32. The molecule has 0 unspecified atom stereocenters. The highest BCUT2D eigenvalue weighted by molar-refractivity contribution is 6.39. The lowest BCUT2D eigenvalue weighted by Gasteiger charge is -2.27. The Morgan fingerprint density at radius 3 is 2.62 bits per heavy atom. The Balaban J connectivity index is 1.90. The molecule has 24 heavy (non-hydrogen) atoms. The summed E-state index contributed by atoms with van der Waals surface area (Å²) >= 11 is 12.3. The Hall–Kier alpha value is -2.02. The van der Waals surface area contributed by atoms with Crippen LogP contribution >= 0.6 is 23.2 Å². The number of fused-ring (bicyclic) bond motifs is 1. The standard InChI is InChI=1S/C19H16Cl2N2O/c1-11-5-6-13-3-2-4-17(14(13)7-11)23-19(24)18-15(20)8-12(10-22)9-16(18)21/h5-9,17H,2-4H2,1H3,(H,23,24)/t17-/m1/s1. The normalized spacial score (nSPS) is 16.2. The summed E-state index contributed by atoms with van der Waals surface area (Å²) in [5, 5.41) is 12.4. The van der Waals surface area contributed by atoms with Crippen molar-refractivity contribution in [2.24, 2.45) is 0 Å². The van der Waals surface area contributed by atoms with Gasteiger partial charge < -0.3 is 5.32 Å². The summed E-state index contributed by atoms with van der Waals surface area (Å²) in [7, 11) is 0. The van der Waals surface area contributed by atoms with E-state index >= 15 is 0 Å². The monoisotopic (exact) mass is 358 g/mol. The van der Waals surface area contributed by atoms with Crippen molar-refractivity contribution in [2.45, 2.75) is 32.2 Å². The van der Waals surface area contributed by atoms with Gasteiger partial charge >= 0.3 is 0 Å². The molecule has 1 N–H and O–H groups in total. The minimum Gasteiger partial charge on any atom is -0.345 e. The van der Waals surface area contributed by atoms with Gasteiger partial charge in [0.2, 0.25) is 0 Å². The predicted molar refractivity (Wildman–Crippen MR) is 95.5 cm³/mol. The van der Waals surface area contributed by atoms with Gasteiger partial charge in [-0.2, -0.15) is 5.26 Å². The van der Waals surface area contributed by atoms with Crippen molar-refractivity contribution in [3.8, 4) is 6.07 Å². The number of amides is 1. The Morgan fingerprint density at radius 1 is 1.25 bits per heavy atom. The smallest absolute Gasteiger partial charge is 0.254 e. The van der Waals surface area contributed by atoms with Crippen LogP contribution in [0.1, 0.15) is 51.5 Å². The highest BCUT2D eigenvalue weighted by Gasteiger charge is 2.24. The summed E-state index contributed by atoms with van der Waals surface area (Å²) in [5.74, 6) is -0.311. The molecule has 0 aromatic heterocycles. The first-order valence-electron chi connectivity index (χ1n) is 7.79. The molecule has 5 heteroatoms. The number of nitrogens with zero attached hydrogens (tertiary/aromatic N) is 1. The first-order valence-corrected chi connectivity index (χ1v) is 8.54. The maximum Gasteiger partial charge on any atom is 0.254 e. The fraction of sp³-hybridized carbons (Fsp3) is 0.263. The van der Waals surface area contributed by atoms with Crippen molar-refractivity contribution in [1.29, 1.82) is 5.26 Å². The fourth-order valence-electron chi connectivity index (χ4n) is 3.15. The van der Waals surface area contributed by atoms with Crippen molar-refractivity contribution in [3.63, 3.8) is 0 Å². The lowest BCUT2D eigenvalue weighted by molar-refractivity contribution is 0.0933. The Labute approximate surface area is 151 Å². The number of halogens is 2. The number of rotatable bonds is 2. The van der Waals surface area contributed by atoms with Crippen LogP contribution in [0.5, 0.6) is 0 Å². The topological polar surface area (TPSA) is 52.9 Å². The number of nitriles is 1. The number of carbonyl (C=O) groups excluding carboxylic acids is 1. The molecule has 0 fully saturated rings. The van der Waals surface area contributed by atoms with E-state index in [0.717, 1.165) is 24.8 Å². The van der Waals surface area contributed by atoms with Crippen molar-refractivity contribution < 1.29 is 4.79 Å². The highest BCUT2D eigenvalue weighted by atomic mass is 35.5. The zero-order chi connectivity index (χ0) is 17.3. The van der Waals surface area contributed by atoms with Gasteiger partial charge in [-0.25, -0.2) is 0 Å².